The highest BCUT2D eigenvalue weighted by molar-refractivity contribution is 7.23. The molecule has 4 atom stereocenters. The minimum absolute atomic E-state index is 0.0387. The number of halogens is 3. The molecule has 0 bridgehead atoms. The van der Waals surface area contributed by atoms with Crippen molar-refractivity contribution in [2.24, 2.45) is 0 Å². The second-order valence-corrected chi connectivity index (χ2v) is 13.5. The van der Waals surface area contributed by atoms with Gasteiger partial charge in [-0.3, -0.25) is 9.69 Å². The third-order valence-corrected chi connectivity index (χ3v) is 10.7. The van der Waals surface area contributed by atoms with Gasteiger partial charge in [0.15, 0.2) is 0 Å². The van der Waals surface area contributed by atoms with Gasteiger partial charge in [-0.1, -0.05) is 12.6 Å². The summed E-state index contributed by atoms with van der Waals surface area (Å²) in [6, 6.07) is 6.84. The van der Waals surface area contributed by atoms with E-state index in [1.807, 2.05) is 6.07 Å². The van der Waals surface area contributed by atoms with Crippen LogP contribution in [0.1, 0.15) is 31.2 Å². The van der Waals surface area contributed by atoms with Gasteiger partial charge in [0.25, 0.3) is 0 Å². The normalized spacial score (nSPS) is 23.9. The van der Waals surface area contributed by atoms with Gasteiger partial charge in [-0.2, -0.15) is 15.2 Å². The van der Waals surface area contributed by atoms with E-state index in [9.17, 15) is 18.8 Å². The number of carbonyl (C=O) groups is 1. The van der Waals surface area contributed by atoms with Gasteiger partial charge in [0.1, 0.15) is 41.6 Å². The lowest BCUT2D eigenvalue weighted by atomic mass is 9.95. The number of ether oxygens (including phenoxy) is 3. The van der Waals surface area contributed by atoms with Crippen molar-refractivity contribution >= 4 is 43.2 Å². The number of nitriles is 1. The van der Waals surface area contributed by atoms with E-state index < -0.39 is 35.5 Å². The smallest absolute Gasteiger partial charge is 0.320 e. The Morgan fingerprint density at radius 3 is 2.85 bits per heavy atom. The average Bonchev–Trinajstić information content (AvgIpc) is 3.81. The van der Waals surface area contributed by atoms with Crippen LogP contribution in [0.3, 0.4) is 0 Å². The maximum absolute atomic E-state index is 16.1. The molecule has 2 N–H and O–H groups in total. The summed E-state index contributed by atoms with van der Waals surface area (Å²) in [5.41, 5.74) is 6.23. The Kier molecular flexibility index (Phi) is 8.39. The zero-order valence-electron chi connectivity index (χ0n) is 26.2. The van der Waals surface area contributed by atoms with Crippen molar-refractivity contribution in [1.29, 1.82) is 5.26 Å². The Labute approximate surface area is 278 Å². The molecule has 3 aliphatic rings. The molecule has 3 aliphatic heterocycles. The number of nitrogens with two attached hydrogens (primary N) is 1. The van der Waals surface area contributed by atoms with Crippen LogP contribution in [0.2, 0.25) is 0 Å². The fraction of sp³-hybridized carbons (Fsp3) is 0.412. The Balaban J connectivity index is 1.33. The highest BCUT2D eigenvalue weighted by Gasteiger charge is 2.49. The van der Waals surface area contributed by atoms with Crippen molar-refractivity contribution in [1.82, 2.24) is 19.8 Å². The summed E-state index contributed by atoms with van der Waals surface area (Å²) in [5, 5.41) is 10.4. The summed E-state index contributed by atoms with van der Waals surface area (Å²) in [6.45, 7) is 5.46. The van der Waals surface area contributed by atoms with E-state index in [-0.39, 0.29) is 73.7 Å². The van der Waals surface area contributed by atoms with Gasteiger partial charge >= 0.3 is 6.01 Å². The van der Waals surface area contributed by atoms with Crippen molar-refractivity contribution in [3.05, 3.63) is 54.1 Å². The molecule has 0 aliphatic carbocycles. The molecule has 0 saturated carbocycles. The Morgan fingerprint density at radius 1 is 1.25 bits per heavy atom. The van der Waals surface area contributed by atoms with Crippen molar-refractivity contribution in [2.75, 3.05) is 45.7 Å². The second-order valence-electron chi connectivity index (χ2n) is 12.5. The van der Waals surface area contributed by atoms with Crippen LogP contribution in [-0.2, 0) is 9.53 Å². The number of rotatable bonds is 9. The molecular formula is C34H33F3N6O4S. The van der Waals surface area contributed by atoms with E-state index in [1.165, 1.54) is 37.5 Å². The Bertz CT molecular complexity index is 1980. The number of thiophene rings is 1. The van der Waals surface area contributed by atoms with Gasteiger partial charge in [0.2, 0.25) is 11.8 Å². The zero-order chi connectivity index (χ0) is 33.7. The van der Waals surface area contributed by atoms with E-state index in [0.29, 0.717) is 25.9 Å². The second kappa shape index (κ2) is 12.5. The first-order chi connectivity index (χ1) is 23.2. The predicted molar refractivity (Wildman–Crippen MR) is 175 cm³/mol. The highest BCUT2D eigenvalue weighted by Crippen LogP contribution is 2.44. The summed E-state index contributed by atoms with van der Waals surface area (Å²) >= 11 is 0.922. The highest BCUT2D eigenvalue weighted by atomic mass is 32.1. The molecule has 7 rings (SSSR count). The summed E-state index contributed by atoms with van der Waals surface area (Å²) in [5.74, 6) is -1.49. The number of anilines is 1. The van der Waals surface area contributed by atoms with Gasteiger partial charge in [-0.25, -0.2) is 13.2 Å². The van der Waals surface area contributed by atoms with Gasteiger partial charge in [0, 0.05) is 44.0 Å². The summed E-state index contributed by atoms with van der Waals surface area (Å²) in [6.07, 6.45) is 2.23. The number of likely N-dealkylation sites (tertiary alicyclic amines) is 1. The number of methoxy groups -OCH3 is 1. The molecule has 1 unspecified atom stereocenters. The molecule has 48 heavy (non-hydrogen) atoms. The fourth-order valence-corrected chi connectivity index (χ4v) is 8.45. The molecule has 14 heteroatoms. The molecule has 250 valence electrons. The maximum atomic E-state index is 16.1. The minimum Gasteiger partial charge on any atom is -0.471 e. The van der Waals surface area contributed by atoms with E-state index in [0.717, 1.165) is 30.7 Å². The third-order valence-electron chi connectivity index (χ3n) is 9.72. The molecule has 2 aromatic carbocycles. The SMILES string of the molecule is C=CC(=O)N1CC[C@@H](Oc2nc(OCC34CCCN3C[C@H](F)C4)nc3cc(-c4ccc(F)c5sc(N)c(C#N)c45)c(F)cc23)[C@H]1COC. The quantitative estimate of drug-likeness (QED) is 0.232. The molecule has 10 nitrogen and oxygen atoms in total. The van der Waals surface area contributed by atoms with Crippen molar-refractivity contribution in [2.45, 2.75) is 49.5 Å². The topological polar surface area (TPSA) is 127 Å². The molecule has 3 saturated heterocycles. The van der Waals surface area contributed by atoms with Gasteiger partial charge in [-0.15, -0.1) is 11.3 Å². The zero-order valence-corrected chi connectivity index (χ0v) is 27.0. The van der Waals surface area contributed by atoms with Crippen molar-refractivity contribution in [3.63, 3.8) is 0 Å². The van der Waals surface area contributed by atoms with Crippen LogP contribution >= 0.6 is 11.3 Å². The van der Waals surface area contributed by atoms with Gasteiger partial charge < -0.3 is 24.8 Å². The fourth-order valence-electron chi connectivity index (χ4n) is 7.50. The van der Waals surface area contributed by atoms with Crippen LogP contribution in [0.4, 0.5) is 18.2 Å². The van der Waals surface area contributed by atoms with Crippen molar-refractivity contribution in [3.8, 4) is 29.1 Å². The van der Waals surface area contributed by atoms with Crippen molar-refractivity contribution < 1.29 is 32.2 Å². The average molecular weight is 679 g/mol. The predicted octanol–water partition coefficient (Wildman–Crippen LogP) is 5.38. The minimum atomic E-state index is -0.950. The van der Waals surface area contributed by atoms with E-state index in [2.05, 4.69) is 21.4 Å². The molecule has 2 aromatic heterocycles. The molecule has 4 aromatic rings. The number of amides is 1. The largest absolute Gasteiger partial charge is 0.471 e. The monoisotopic (exact) mass is 678 g/mol. The van der Waals surface area contributed by atoms with E-state index in [1.54, 1.807) is 4.90 Å². The van der Waals surface area contributed by atoms with Crippen LogP contribution in [0.15, 0.2) is 36.9 Å². The van der Waals surface area contributed by atoms with Crippen LogP contribution in [0.5, 0.6) is 11.9 Å². The van der Waals surface area contributed by atoms with Gasteiger partial charge in [0.05, 0.1) is 39.4 Å². The van der Waals surface area contributed by atoms with Crippen LogP contribution in [0, 0.1) is 23.0 Å². The molecule has 0 radical (unpaired) electrons. The number of hydrogen-bond donors (Lipinski definition) is 1. The summed E-state index contributed by atoms with van der Waals surface area (Å²) < 4.78 is 63.6. The number of fused-ring (bicyclic) bond motifs is 3. The first kappa shape index (κ1) is 32.1. The van der Waals surface area contributed by atoms with Crippen LogP contribution in [0.25, 0.3) is 32.1 Å². The number of nitrogens with zero attached hydrogens (tertiary/aromatic N) is 5. The lowest BCUT2D eigenvalue weighted by Crippen LogP contribution is -2.44. The first-order valence-electron chi connectivity index (χ1n) is 15.7. The molecule has 5 heterocycles. The standard InChI is InChI=1S/C34H33F3N6O4S/c1-3-28(44)43-10-7-27(26(43)16-45-2)47-32-21-11-24(37)20(19-5-6-23(36)30-29(19)22(14-38)31(39)48-30)12-25(21)40-33(41-32)46-17-34-8-4-9-42(34)15-18(35)13-34/h3,5-6,11-12,18,26-27H,1,4,7-10,13,15-17,39H2,2H3/t18-,26-,27-,34?/m1/s1. The Morgan fingerprint density at radius 2 is 2.08 bits per heavy atom. The lowest BCUT2D eigenvalue weighted by Gasteiger charge is -2.31. The molecular weight excluding hydrogens is 645 g/mol. The first-order valence-corrected chi connectivity index (χ1v) is 16.5. The Hall–Kier alpha value is -4.45. The number of hydrogen-bond acceptors (Lipinski definition) is 10. The maximum Gasteiger partial charge on any atom is 0.320 e. The van der Waals surface area contributed by atoms with Gasteiger partial charge in [-0.05, 0) is 49.2 Å². The number of alkyl halides is 1. The van der Waals surface area contributed by atoms with E-state index in [4.69, 9.17) is 19.9 Å². The third kappa shape index (κ3) is 5.39. The van der Waals surface area contributed by atoms with Crippen LogP contribution < -0.4 is 15.2 Å². The number of nitrogen functional groups attached to an aromatic ring is 1. The number of carbonyl (C=O) groups excluding carboxylic acids is 1. The van der Waals surface area contributed by atoms with Crippen LogP contribution in [-0.4, -0.2) is 89.5 Å². The summed E-state index contributed by atoms with van der Waals surface area (Å²) in [7, 11) is 1.52. The van der Waals surface area contributed by atoms with E-state index >= 15 is 4.39 Å². The summed E-state index contributed by atoms with van der Waals surface area (Å²) in [4.78, 5) is 25.5. The molecule has 3 fully saturated rings. The number of benzene rings is 2. The number of aromatic nitrogens is 2. The molecule has 1 amide bonds. The molecule has 0 spiro atoms. The lowest BCUT2D eigenvalue weighted by molar-refractivity contribution is -0.128.